The molecule has 3 fully saturated rings. The minimum absolute atomic E-state index is 0.00803. The van der Waals surface area contributed by atoms with Crippen molar-refractivity contribution < 1.29 is 36.9 Å². The zero-order valence-electron chi connectivity index (χ0n) is 32.1. The fourth-order valence-electron chi connectivity index (χ4n) is 7.88. The molecule has 2 aromatic carbocycles. The fraction of sp³-hybridized carbons (Fsp3) is 0.415. The highest BCUT2D eigenvalue weighted by Gasteiger charge is 2.62. The van der Waals surface area contributed by atoms with Gasteiger partial charge in [0.2, 0.25) is 33.5 Å². The number of aromatic nitrogens is 4. The summed E-state index contributed by atoms with van der Waals surface area (Å²) in [5, 5.41) is 9.45. The van der Waals surface area contributed by atoms with Crippen LogP contribution >= 0.6 is 11.3 Å². The first kappa shape index (κ1) is 38.8. The number of hydrogen-bond donors (Lipinski definition) is 3. The van der Waals surface area contributed by atoms with Crippen LogP contribution in [0.4, 0.5) is 0 Å². The molecule has 0 spiro atoms. The average Bonchev–Trinajstić information content (AvgIpc) is 4.04. The van der Waals surface area contributed by atoms with E-state index in [4.69, 9.17) is 24.2 Å². The quantitative estimate of drug-likeness (QED) is 0.186. The highest BCUT2D eigenvalue weighted by molar-refractivity contribution is 7.91. The van der Waals surface area contributed by atoms with Crippen molar-refractivity contribution in [2.45, 2.75) is 93.7 Å². The molecule has 5 heterocycles. The molecule has 3 N–H and O–H groups in total. The second kappa shape index (κ2) is 15.4. The number of ether oxygens (including phenoxy) is 1. The number of thiazole rings is 1. The van der Waals surface area contributed by atoms with Crippen LogP contribution < -0.4 is 20.1 Å². The molecule has 2 saturated carbocycles. The predicted octanol–water partition coefficient (Wildman–Crippen LogP) is 4.35. The normalized spacial score (nSPS) is 25.1. The van der Waals surface area contributed by atoms with Crippen molar-refractivity contribution in [3.63, 3.8) is 0 Å². The first-order valence-electron chi connectivity index (χ1n) is 19.9. The Hall–Kier alpha value is -5.75. The lowest BCUT2D eigenvalue weighted by atomic mass is 10.0. The molecular formula is C41H42N8O8S2. The second-order valence-corrected chi connectivity index (χ2v) is 18.7. The maximum atomic E-state index is 14.7. The van der Waals surface area contributed by atoms with Gasteiger partial charge in [-0.3, -0.25) is 23.9 Å². The van der Waals surface area contributed by atoms with Gasteiger partial charge < -0.3 is 24.8 Å². The van der Waals surface area contributed by atoms with Crippen LogP contribution in [0.5, 0.6) is 5.88 Å². The van der Waals surface area contributed by atoms with Crippen LogP contribution in [-0.4, -0.2) is 92.6 Å². The van der Waals surface area contributed by atoms with Gasteiger partial charge in [-0.25, -0.2) is 23.4 Å². The third-order valence-corrected chi connectivity index (χ3v) is 14.2. The molecule has 2 aliphatic heterocycles. The molecule has 4 aliphatic rings. The van der Waals surface area contributed by atoms with Crippen molar-refractivity contribution >= 4 is 66.2 Å². The standard InChI is InChI=1S/C41H42N8O8S2/c1-23-19-32(57-47-23)36(51)43-30-15-6-4-2-3-5-11-24-21-41(24,40(53)48-59(54,55)26-17-18-26)46-35(50)31-20-25(22-49(31)39(30)52)56-37-34(42-27-12-7-8-13-28(27)44-37)38-45-29-14-9-10-16-33(29)58-38/h5,7-14,16,19,24-26,30-31H,2-4,6,15,17-18,20-22H2,1H3,(H,43,51)(H,46,50)(H,48,53)/t24-,25-,30+,31+,41-/m1/s1. The Balaban J connectivity index is 1.06. The zero-order chi connectivity index (χ0) is 40.9. The lowest BCUT2D eigenvalue weighted by molar-refractivity contribution is -0.141. The van der Waals surface area contributed by atoms with E-state index in [9.17, 15) is 27.6 Å². The van der Waals surface area contributed by atoms with Gasteiger partial charge in [0.05, 0.1) is 38.7 Å². The van der Waals surface area contributed by atoms with E-state index < -0.39 is 68.5 Å². The van der Waals surface area contributed by atoms with Gasteiger partial charge >= 0.3 is 0 Å². The summed E-state index contributed by atoms with van der Waals surface area (Å²) >= 11 is 1.43. The summed E-state index contributed by atoms with van der Waals surface area (Å²) in [5.41, 5.74) is 1.34. The van der Waals surface area contributed by atoms with Gasteiger partial charge in [0.15, 0.2) is 5.69 Å². The number of nitrogens with one attached hydrogen (secondary N) is 3. The van der Waals surface area contributed by atoms with Crippen LogP contribution in [0.3, 0.4) is 0 Å². The SMILES string of the molecule is Cc1cc(C(=O)N[C@H]2CCCCCC=C[C@@H]3C[C@@]3(C(=O)NS(=O)(=O)C3CC3)NC(=O)[C@@H]3C[C@@H](Oc4nc5ccccc5nc4-c4nc5ccccc5s4)CN3C2=O)on1. The van der Waals surface area contributed by atoms with Crippen molar-refractivity contribution in [3.8, 4) is 16.6 Å². The molecular weight excluding hydrogens is 797 g/mol. The summed E-state index contributed by atoms with van der Waals surface area (Å²) in [6.45, 7) is 1.61. The fourth-order valence-corrected chi connectivity index (χ4v) is 10.2. The summed E-state index contributed by atoms with van der Waals surface area (Å²) < 4.78 is 40.9. The number of carbonyl (C=O) groups excluding carboxylic acids is 4. The summed E-state index contributed by atoms with van der Waals surface area (Å²) in [4.78, 5) is 72.5. The number of aryl methyl sites for hydroxylation is 1. The number of fused-ring (bicyclic) bond motifs is 4. The average molecular weight is 839 g/mol. The van der Waals surface area contributed by atoms with Gasteiger partial charge in [0.1, 0.15) is 28.7 Å². The van der Waals surface area contributed by atoms with Gasteiger partial charge in [-0.2, -0.15) is 0 Å². The maximum absolute atomic E-state index is 14.7. The van der Waals surface area contributed by atoms with Crippen molar-refractivity contribution in [1.29, 1.82) is 0 Å². The number of sulfonamides is 1. The van der Waals surface area contributed by atoms with Gasteiger partial charge in [0, 0.05) is 18.4 Å². The van der Waals surface area contributed by atoms with E-state index in [1.165, 1.54) is 22.3 Å². The molecule has 0 unspecified atom stereocenters. The molecule has 5 aromatic rings. The first-order valence-corrected chi connectivity index (χ1v) is 22.2. The van der Waals surface area contributed by atoms with Crippen molar-refractivity contribution in [2.24, 2.45) is 5.92 Å². The molecule has 4 amide bonds. The summed E-state index contributed by atoms with van der Waals surface area (Å²) in [6, 6.07) is 14.3. The predicted molar refractivity (Wildman–Crippen MR) is 216 cm³/mol. The smallest absolute Gasteiger partial charge is 0.290 e. The van der Waals surface area contributed by atoms with Crippen molar-refractivity contribution in [2.75, 3.05) is 6.54 Å². The molecule has 5 atom stereocenters. The highest BCUT2D eigenvalue weighted by Crippen LogP contribution is 2.46. The van der Waals surface area contributed by atoms with Crippen LogP contribution in [0.15, 0.2) is 71.3 Å². The Morgan fingerprint density at radius 3 is 2.49 bits per heavy atom. The Bertz CT molecular complexity index is 2590. The number of allylic oxidation sites excluding steroid dienone is 1. The van der Waals surface area contributed by atoms with Crippen LogP contribution in [0, 0.1) is 12.8 Å². The molecule has 9 rings (SSSR count). The number of carbonyl (C=O) groups is 4. The van der Waals surface area contributed by atoms with E-state index in [0.29, 0.717) is 53.1 Å². The van der Waals surface area contributed by atoms with Gasteiger partial charge in [-0.1, -0.05) is 54.4 Å². The van der Waals surface area contributed by atoms with Crippen LogP contribution in [0.2, 0.25) is 0 Å². The molecule has 306 valence electrons. The molecule has 0 radical (unpaired) electrons. The Kier molecular flexibility index (Phi) is 10.1. The largest absolute Gasteiger partial charge is 0.471 e. The number of nitrogens with zero attached hydrogens (tertiary/aromatic N) is 5. The van der Waals surface area contributed by atoms with Gasteiger partial charge in [-0.15, -0.1) is 11.3 Å². The third kappa shape index (κ3) is 7.90. The molecule has 3 aromatic heterocycles. The number of benzene rings is 2. The lowest BCUT2D eigenvalue weighted by Crippen LogP contribution is -2.58. The number of amides is 4. The Labute approximate surface area is 343 Å². The molecule has 18 heteroatoms. The first-order chi connectivity index (χ1) is 28.5. The van der Waals surface area contributed by atoms with E-state index >= 15 is 0 Å². The Morgan fingerprint density at radius 2 is 1.75 bits per heavy atom. The maximum Gasteiger partial charge on any atom is 0.290 e. The van der Waals surface area contributed by atoms with Gasteiger partial charge in [-0.05, 0) is 69.7 Å². The zero-order valence-corrected chi connectivity index (χ0v) is 33.8. The molecule has 16 nitrogen and oxygen atoms in total. The third-order valence-electron chi connectivity index (χ3n) is 11.3. The molecule has 0 bridgehead atoms. The highest BCUT2D eigenvalue weighted by atomic mass is 32.2. The van der Waals surface area contributed by atoms with E-state index in [0.717, 1.165) is 23.1 Å². The number of para-hydroxylation sites is 3. The van der Waals surface area contributed by atoms with E-state index in [1.54, 1.807) is 6.92 Å². The molecule has 59 heavy (non-hydrogen) atoms. The lowest BCUT2D eigenvalue weighted by Gasteiger charge is -2.29. The van der Waals surface area contributed by atoms with Crippen LogP contribution in [0.25, 0.3) is 32.0 Å². The van der Waals surface area contributed by atoms with Gasteiger partial charge in [0.25, 0.3) is 11.8 Å². The summed E-state index contributed by atoms with van der Waals surface area (Å²) in [5.74, 6) is -2.95. The topological polar surface area (TPSA) is 216 Å². The minimum atomic E-state index is -3.92. The van der Waals surface area contributed by atoms with E-state index in [1.807, 2.05) is 60.7 Å². The van der Waals surface area contributed by atoms with Crippen LogP contribution in [-0.2, 0) is 24.4 Å². The summed E-state index contributed by atoms with van der Waals surface area (Å²) in [6.07, 6.45) is 7.17. The van der Waals surface area contributed by atoms with Crippen molar-refractivity contribution in [3.05, 3.63) is 78.2 Å². The molecule has 2 aliphatic carbocycles. The minimum Gasteiger partial charge on any atom is -0.471 e. The van der Waals surface area contributed by atoms with E-state index in [-0.39, 0.29) is 37.4 Å². The number of hydrogen-bond acceptors (Lipinski definition) is 13. The monoisotopic (exact) mass is 838 g/mol. The van der Waals surface area contributed by atoms with Crippen molar-refractivity contribution in [1.82, 2.24) is 40.4 Å². The number of rotatable bonds is 8. The van der Waals surface area contributed by atoms with Crippen LogP contribution in [0.1, 0.15) is 74.0 Å². The van der Waals surface area contributed by atoms with E-state index in [2.05, 4.69) is 20.5 Å². The Morgan fingerprint density at radius 1 is 0.983 bits per heavy atom. The summed E-state index contributed by atoms with van der Waals surface area (Å²) in [7, 11) is -3.92. The molecule has 1 saturated heterocycles. The second-order valence-electron chi connectivity index (χ2n) is 15.7.